The number of hydrogen-bond acceptors (Lipinski definition) is 4. The molecule has 0 radical (unpaired) electrons. The summed E-state index contributed by atoms with van der Waals surface area (Å²) in [6, 6.07) is 6.10. The molecule has 1 unspecified atom stereocenters. The number of ether oxygens (including phenoxy) is 2. The first kappa shape index (κ1) is 14.4. The van der Waals surface area contributed by atoms with Crippen molar-refractivity contribution < 1.29 is 9.47 Å². The van der Waals surface area contributed by atoms with Gasteiger partial charge < -0.3 is 19.4 Å². The number of nitrogens with zero attached hydrogens (tertiary/aromatic N) is 2. The number of aromatic nitrogens is 2. The van der Waals surface area contributed by atoms with Crippen molar-refractivity contribution in [3.63, 3.8) is 0 Å². The zero-order chi connectivity index (χ0) is 14.4. The molecule has 5 nitrogen and oxygen atoms in total. The standard InChI is InChI=1S/C15H21N3O2/c1-12(17-7-9-18-8-6-16-11-18)14-5-4-13(19-2)10-15(14)20-3/h4-6,8,10-12,17H,7,9H2,1-3H3. The normalized spacial score (nSPS) is 12.2. The highest BCUT2D eigenvalue weighted by molar-refractivity contribution is 5.42. The van der Waals surface area contributed by atoms with Gasteiger partial charge in [-0.05, 0) is 13.0 Å². The molecule has 5 heteroatoms. The first-order valence-corrected chi connectivity index (χ1v) is 6.65. The summed E-state index contributed by atoms with van der Waals surface area (Å²) in [6.45, 7) is 3.88. The van der Waals surface area contributed by atoms with Gasteiger partial charge in [-0.25, -0.2) is 4.98 Å². The van der Waals surface area contributed by atoms with E-state index in [1.807, 2.05) is 35.3 Å². The third-order valence-electron chi connectivity index (χ3n) is 3.29. The largest absolute Gasteiger partial charge is 0.497 e. The summed E-state index contributed by atoms with van der Waals surface area (Å²) < 4.78 is 12.7. The molecule has 0 bridgehead atoms. The Kier molecular flexibility index (Phi) is 5.01. The van der Waals surface area contributed by atoms with E-state index in [1.54, 1.807) is 20.4 Å². The van der Waals surface area contributed by atoms with Crippen LogP contribution in [0.5, 0.6) is 11.5 Å². The lowest BCUT2D eigenvalue weighted by atomic mass is 10.1. The molecule has 1 atom stereocenters. The van der Waals surface area contributed by atoms with Crippen molar-refractivity contribution >= 4 is 0 Å². The zero-order valence-corrected chi connectivity index (χ0v) is 12.2. The number of nitrogens with one attached hydrogen (secondary N) is 1. The van der Waals surface area contributed by atoms with Crippen LogP contribution in [-0.4, -0.2) is 30.3 Å². The quantitative estimate of drug-likeness (QED) is 0.842. The molecule has 1 aromatic carbocycles. The highest BCUT2D eigenvalue weighted by Gasteiger charge is 2.11. The molecular formula is C15H21N3O2. The van der Waals surface area contributed by atoms with E-state index in [0.717, 1.165) is 30.2 Å². The van der Waals surface area contributed by atoms with E-state index in [0.29, 0.717) is 0 Å². The van der Waals surface area contributed by atoms with E-state index in [4.69, 9.17) is 9.47 Å². The number of hydrogen-bond donors (Lipinski definition) is 1. The molecular weight excluding hydrogens is 254 g/mol. The second kappa shape index (κ2) is 6.96. The number of imidazole rings is 1. The topological polar surface area (TPSA) is 48.3 Å². The van der Waals surface area contributed by atoms with Crippen LogP contribution in [0.1, 0.15) is 18.5 Å². The summed E-state index contributed by atoms with van der Waals surface area (Å²) in [6.07, 6.45) is 5.57. The van der Waals surface area contributed by atoms with Crippen LogP contribution in [0.3, 0.4) is 0 Å². The Morgan fingerprint density at radius 3 is 2.80 bits per heavy atom. The summed E-state index contributed by atoms with van der Waals surface area (Å²) in [5, 5.41) is 3.48. The SMILES string of the molecule is COc1ccc(C(C)NCCn2ccnc2)c(OC)c1. The van der Waals surface area contributed by atoms with E-state index < -0.39 is 0 Å². The van der Waals surface area contributed by atoms with Crippen LogP contribution < -0.4 is 14.8 Å². The Hall–Kier alpha value is -2.01. The lowest BCUT2D eigenvalue weighted by molar-refractivity contribution is 0.385. The fourth-order valence-electron chi connectivity index (χ4n) is 2.12. The summed E-state index contributed by atoms with van der Waals surface area (Å²) in [5.41, 5.74) is 1.12. The van der Waals surface area contributed by atoms with E-state index in [2.05, 4.69) is 17.2 Å². The van der Waals surface area contributed by atoms with Gasteiger partial charge in [-0.3, -0.25) is 0 Å². The lowest BCUT2D eigenvalue weighted by Gasteiger charge is -2.18. The smallest absolute Gasteiger partial charge is 0.127 e. The average Bonchev–Trinajstić information content (AvgIpc) is 2.99. The molecule has 2 aromatic rings. The molecule has 0 aliphatic carbocycles. The third-order valence-corrected chi connectivity index (χ3v) is 3.29. The lowest BCUT2D eigenvalue weighted by Crippen LogP contribution is -2.23. The number of rotatable bonds is 7. The van der Waals surface area contributed by atoms with Gasteiger partial charge in [0.1, 0.15) is 11.5 Å². The third kappa shape index (κ3) is 3.51. The Morgan fingerprint density at radius 1 is 1.30 bits per heavy atom. The van der Waals surface area contributed by atoms with Crippen LogP contribution in [0, 0.1) is 0 Å². The van der Waals surface area contributed by atoms with Crippen LogP contribution in [0.4, 0.5) is 0 Å². The van der Waals surface area contributed by atoms with Crippen molar-refractivity contribution in [3.05, 3.63) is 42.5 Å². The molecule has 1 aromatic heterocycles. The molecule has 0 fully saturated rings. The Labute approximate surface area is 119 Å². The van der Waals surface area contributed by atoms with Crippen molar-refractivity contribution in [2.45, 2.75) is 19.5 Å². The van der Waals surface area contributed by atoms with Crippen molar-refractivity contribution in [2.24, 2.45) is 0 Å². The molecule has 0 aliphatic rings. The van der Waals surface area contributed by atoms with E-state index >= 15 is 0 Å². The molecule has 0 aliphatic heterocycles. The van der Waals surface area contributed by atoms with Crippen LogP contribution in [0.2, 0.25) is 0 Å². The molecule has 2 rings (SSSR count). The molecule has 1 N–H and O–H groups in total. The Morgan fingerprint density at radius 2 is 2.15 bits per heavy atom. The fraction of sp³-hybridized carbons (Fsp3) is 0.400. The zero-order valence-electron chi connectivity index (χ0n) is 12.2. The van der Waals surface area contributed by atoms with Gasteiger partial charge in [0.05, 0.1) is 20.5 Å². The minimum atomic E-state index is 0.208. The predicted molar refractivity (Wildman–Crippen MR) is 78.2 cm³/mol. The van der Waals surface area contributed by atoms with Gasteiger partial charge in [-0.15, -0.1) is 0 Å². The summed E-state index contributed by atoms with van der Waals surface area (Å²) in [4.78, 5) is 4.03. The second-order valence-electron chi connectivity index (χ2n) is 4.58. The van der Waals surface area contributed by atoms with E-state index in [1.165, 1.54) is 0 Å². The van der Waals surface area contributed by atoms with Crippen molar-refractivity contribution in [3.8, 4) is 11.5 Å². The first-order chi connectivity index (χ1) is 9.74. The van der Waals surface area contributed by atoms with Crippen LogP contribution in [0.15, 0.2) is 36.9 Å². The highest BCUT2D eigenvalue weighted by atomic mass is 16.5. The maximum Gasteiger partial charge on any atom is 0.127 e. The molecule has 108 valence electrons. The maximum absolute atomic E-state index is 5.43. The summed E-state index contributed by atoms with van der Waals surface area (Å²) in [7, 11) is 3.33. The monoisotopic (exact) mass is 275 g/mol. The minimum Gasteiger partial charge on any atom is -0.497 e. The minimum absolute atomic E-state index is 0.208. The Balaban J connectivity index is 1.95. The molecule has 0 saturated carbocycles. The van der Waals surface area contributed by atoms with Crippen molar-refractivity contribution in [1.29, 1.82) is 0 Å². The van der Waals surface area contributed by atoms with Gasteiger partial charge in [0.25, 0.3) is 0 Å². The molecule has 0 saturated heterocycles. The van der Waals surface area contributed by atoms with Gasteiger partial charge in [0.15, 0.2) is 0 Å². The number of methoxy groups -OCH3 is 2. The van der Waals surface area contributed by atoms with Crippen LogP contribution in [0.25, 0.3) is 0 Å². The van der Waals surface area contributed by atoms with E-state index in [-0.39, 0.29) is 6.04 Å². The van der Waals surface area contributed by atoms with Crippen molar-refractivity contribution in [2.75, 3.05) is 20.8 Å². The molecule has 20 heavy (non-hydrogen) atoms. The average molecular weight is 275 g/mol. The fourth-order valence-corrected chi connectivity index (χ4v) is 2.12. The van der Waals surface area contributed by atoms with Crippen molar-refractivity contribution in [1.82, 2.24) is 14.9 Å². The van der Waals surface area contributed by atoms with E-state index in [9.17, 15) is 0 Å². The first-order valence-electron chi connectivity index (χ1n) is 6.65. The van der Waals surface area contributed by atoms with Gasteiger partial charge in [0, 0.05) is 43.2 Å². The second-order valence-corrected chi connectivity index (χ2v) is 4.58. The summed E-state index contributed by atoms with van der Waals surface area (Å²) >= 11 is 0. The number of benzene rings is 1. The maximum atomic E-state index is 5.43. The Bertz CT molecular complexity index is 526. The highest BCUT2D eigenvalue weighted by Crippen LogP contribution is 2.29. The molecule has 1 heterocycles. The van der Waals surface area contributed by atoms with Gasteiger partial charge in [-0.1, -0.05) is 6.07 Å². The van der Waals surface area contributed by atoms with Gasteiger partial charge in [-0.2, -0.15) is 0 Å². The molecule has 0 spiro atoms. The van der Waals surface area contributed by atoms with Gasteiger partial charge >= 0.3 is 0 Å². The molecule has 0 amide bonds. The van der Waals surface area contributed by atoms with Crippen LogP contribution >= 0.6 is 0 Å². The van der Waals surface area contributed by atoms with Crippen LogP contribution in [-0.2, 0) is 6.54 Å². The van der Waals surface area contributed by atoms with Gasteiger partial charge in [0.2, 0.25) is 0 Å². The summed E-state index contributed by atoms with van der Waals surface area (Å²) in [5.74, 6) is 1.64. The predicted octanol–water partition coefficient (Wildman–Crippen LogP) is 2.25.